The van der Waals surface area contributed by atoms with Gasteiger partial charge in [-0.05, 0) is 76.5 Å². The molecule has 0 aromatic carbocycles. The molecule has 6 atom stereocenters. The number of ether oxygens (including phenoxy) is 1. The van der Waals surface area contributed by atoms with Crippen LogP contribution >= 0.6 is 0 Å². The van der Waals surface area contributed by atoms with Gasteiger partial charge in [-0.15, -0.1) is 0 Å². The summed E-state index contributed by atoms with van der Waals surface area (Å²) in [6.45, 7) is 9.72. The summed E-state index contributed by atoms with van der Waals surface area (Å²) in [5.41, 5.74) is 3.38. The SMILES string of the molecule is C1CNCC(CN2CCCC2C2NC(C3CCNC(N4CCOCC4)C3)NO2)C1. The lowest BCUT2D eigenvalue weighted by atomic mass is 9.92. The van der Waals surface area contributed by atoms with E-state index < -0.39 is 0 Å². The van der Waals surface area contributed by atoms with Crippen molar-refractivity contribution in [3.8, 4) is 0 Å². The minimum absolute atomic E-state index is 0.121. The molecular formula is C21H40N6O2. The van der Waals surface area contributed by atoms with E-state index in [1.165, 1.54) is 64.7 Å². The first-order chi connectivity index (χ1) is 14.4. The predicted molar refractivity (Wildman–Crippen MR) is 112 cm³/mol. The highest BCUT2D eigenvalue weighted by atomic mass is 16.7. The molecule has 5 rings (SSSR count). The van der Waals surface area contributed by atoms with Gasteiger partial charge < -0.3 is 15.4 Å². The summed E-state index contributed by atoms with van der Waals surface area (Å²) in [6.07, 6.45) is 8.46. The molecule has 0 aromatic rings. The number of likely N-dealkylation sites (tertiary alicyclic amines) is 1. The van der Waals surface area contributed by atoms with Crippen LogP contribution in [0.4, 0.5) is 0 Å². The second kappa shape index (κ2) is 9.87. The molecule has 0 amide bonds. The first kappa shape index (κ1) is 20.6. The van der Waals surface area contributed by atoms with Crippen molar-refractivity contribution in [2.24, 2.45) is 11.8 Å². The minimum Gasteiger partial charge on any atom is -0.379 e. The fourth-order valence-corrected chi connectivity index (χ4v) is 6.04. The molecule has 5 heterocycles. The monoisotopic (exact) mass is 408 g/mol. The molecule has 166 valence electrons. The third-order valence-corrected chi connectivity index (χ3v) is 7.70. The number of nitrogens with zero attached hydrogens (tertiary/aromatic N) is 2. The van der Waals surface area contributed by atoms with Crippen LogP contribution in [-0.2, 0) is 9.57 Å². The Morgan fingerprint density at radius 1 is 0.966 bits per heavy atom. The average Bonchev–Trinajstić information content (AvgIpc) is 3.45. The Balaban J connectivity index is 1.13. The maximum atomic E-state index is 6.13. The van der Waals surface area contributed by atoms with Gasteiger partial charge in [0.25, 0.3) is 0 Å². The van der Waals surface area contributed by atoms with Gasteiger partial charge in [-0.2, -0.15) is 5.48 Å². The van der Waals surface area contributed by atoms with Crippen LogP contribution in [0.25, 0.3) is 0 Å². The summed E-state index contributed by atoms with van der Waals surface area (Å²) in [4.78, 5) is 11.4. The number of rotatable bonds is 5. The Morgan fingerprint density at radius 2 is 1.90 bits per heavy atom. The van der Waals surface area contributed by atoms with Gasteiger partial charge >= 0.3 is 0 Å². The minimum atomic E-state index is 0.121. The molecule has 0 spiro atoms. The zero-order valence-corrected chi connectivity index (χ0v) is 17.8. The van der Waals surface area contributed by atoms with Crippen LogP contribution < -0.4 is 21.4 Å². The van der Waals surface area contributed by atoms with Crippen LogP contribution in [0, 0.1) is 11.8 Å². The van der Waals surface area contributed by atoms with Crippen molar-refractivity contribution in [2.45, 2.75) is 63.1 Å². The standard InChI is InChI=1S/C21H40N6O2/c1-3-16(14-22-6-1)15-27-8-2-4-18(27)21-24-20(25-29-21)17-5-7-23-19(13-17)26-9-11-28-12-10-26/h16-25H,1-15H2. The lowest BCUT2D eigenvalue weighted by Crippen LogP contribution is -2.57. The van der Waals surface area contributed by atoms with Gasteiger partial charge in [-0.25, -0.2) is 0 Å². The molecule has 5 aliphatic rings. The predicted octanol–water partition coefficient (Wildman–Crippen LogP) is -0.115. The molecule has 5 fully saturated rings. The smallest absolute Gasteiger partial charge is 0.146 e. The molecule has 8 nitrogen and oxygen atoms in total. The van der Waals surface area contributed by atoms with E-state index in [0.717, 1.165) is 38.8 Å². The lowest BCUT2D eigenvalue weighted by Gasteiger charge is -2.41. The van der Waals surface area contributed by atoms with Crippen LogP contribution in [0.15, 0.2) is 0 Å². The van der Waals surface area contributed by atoms with E-state index in [9.17, 15) is 0 Å². The molecule has 29 heavy (non-hydrogen) atoms. The van der Waals surface area contributed by atoms with E-state index in [2.05, 4.69) is 31.2 Å². The number of hydrogen-bond donors (Lipinski definition) is 4. The zero-order chi connectivity index (χ0) is 19.5. The van der Waals surface area contributed by atoms with Gasteiger partial charge in [0.15, 0.2) is 0 Å². The topological polar surface area (TPSA) is 73.1 Å². The van der Waals surface area contributed by atoms with Crippen molar-refractivity contribution in [1.82, 2.24) is 31.2 Å². The van der Waals surface area contributed by atoms with Crippen molar-refractivity contribution in [2.75, 3.05) is 59.0 Å². The fraction of sp³-hybridized carbons (Fsp3) is 1.00. The highest BCUT2D eigenvalue weighted by molar-refractivity contribution is 4.93. The molecule has 6 unspecified atom stereocenters. The van der Waals surface area contributed by atoms with Crippen molar-refractivity contribution in [1.29, 1.82) is 0 Å². The quantitative estimate of drug-likeness (QED) is 0.502. The molecule has 0 bridgehead atoms. The molecule has 5 aliphatic heterocycles. The summed E-state index contributed by atoms with van der Waals surface area (Å²) < 4.78 is 5.53. The normalized spacial score (nSPS) is 43.0. The molecular weight excluding hydrogens is 368 g/mol. The summed E-state index contributed by atoms with van der Waals surface area (Å²) in [5, 5.41) is 11.1. The summed E-state index contributed by atoms with van der Waals surface area (Å²) >= 11 is 0. The third kappa shape index (κ3) is 4.96. The number of nitrogens with one attached hydrogen (secondary N) is 4. The number of hydroxylamine groups is 1. The van der Waals surface area contributed by atoms with Crippen LogP contribution in [0.3, 0.4) is 0 Å². The maximum Gasteiger partial charge on any atom is 0.146 e. The Bertz CT molecular complexity index is 513. The van der Waals surface area contributed by atoms with E-state index in [1.807, 2.05) is 0 Å². The molecule has 0 aromatic heterocycles. The van der Waals surface area contributed by atoms with Gasteiger partial charge in [-0.3, -0.25) is 20.0 Å². The largest absolute Gasteiger partial charge is 0.379 e. The van der Waals surface area contributed by atoms with E-state index in [4.69, 9.17) is 9.57 Å². The van der Waals surface area contributed by atoms with Crippen molar-refractivity contribution < 1.29 is 9.57 Å². The number of morpholine rings is 1. The molecule has 4 N–H and O–H groups in total. The van der Waals surface area contributed by atoms with Crippen molar-refractivity contribution >= 4 is 0 Å². The van der Waals surface area contributed by atoms with Crippen LogP contribution in [0.5, 0.6) is 0 Å². The van der Waals surface area contributed by atoms with Gasteiger partial charge in [0.05, 0.1) is 31.6 Å². The first-order valence-corrected chi connectivity index (χ1v) is 12.0. The Morgan fingerprint density at radius 3 is 2.76 bits per heavy atom. The molecule has 5 saturated heterocycles. The van der Waals surface area contributed by atoms with Gasteiger partial charge in [0.1, 0.15) is 6.23 Å². The van der Waals surface area contributed by atoms with Gasteiger partial charge in [0, 0.05) is 19.6 Å². The van der Waals surface area contributed by atoms with Crippen molar-refractivity contribution in [3.05, 3.63) is 0 Å². The Hall–Kier alpha value is -0.320. The number of hydrogen-bond acceptors (Lipinski definition) is 8. The van der Waals surface area contributed by atoms with Gasteiger partial charge in [0.2, 0.25) is 0 Å². The van der Waals surface area contributed by atoms with Crippen LogP contribution in [-0.4, -0.2) is 93.4 Å². The Kier molecular flexibility index (Phi) is 7.00. The van der Waals surface area contributed by atoms with E-state index in [-0.39, 0.29) is 12.4 Å². The summed E-state index contributed by atoms with van der Waals surface area (Å²) in [6, 6.07) is 0.506. The lowest BCUT2D eigenvalue weighted by molar-refractivity contribution is -0.0303. The molecule has 0 radical (unpaired) electrons. The van der Waals surface area contributed by atoms with Gasteiger partial charge in [-0.1, -0.05) is 0 Å². The van der Waals surface area contributed by atoms with E-state index in [0.29, 0.717) is 18.1 Å². The maximum absolute atomic E-state index is 6.13. The van der Waals surface area contributed by atoms with E-state index >= 15 is 0 Å². The summed E-state index contributed by atoms with van der Waals surface area (Å²) in [5.74, 6) is 1.40. The van der Waals surface area contributed by atoms with E-state index in [1.54, 1.807) is 0 Å². The first-order valence-electron chi connectivity index (χ1n) is 12.0. The molecule has 0 saturated carbocycles. The van der Waals surface area contributed by atoms with Crippen LogP contribution in [0.1, 0.15) is 38.5 Å². The molecule has 0 aliphatic carbocycles. The second-order valence-electron chi connectivity index (χ2n) is 9.62. The Labute approximate surface area is 175 Å². The second-order valence-corrected chi connectivity index (χ2v) is 9.62. The zero-order valence-electron chi connectivity index (χ0n) is 17.8. The number of piperidine rings is 2. The average molecular weight is 409 g/mol. The van der Waals surface area contributed by atoms with Crippen molar-refractivity contribution in [3.63, 3.8) is 0 Å². The highest BCUT2D eigenvalue weighted by Crippen LogP contribution is 2.28. The summed E-state index contributed by atoms with van der Waals surface area (Å²) in [7, 11) is 0. The highest BCUT2D eigenvalue weighted by Gasteiger charge is 2.41. The molecule has 8 heteroatoms. The van der Waals surface area contributed by atoms with Crippen LogP contribution in [0.2, 0.25) is 0 Å². The third-order valence-electron chi connectivity index (χ3n) is 7.70. The fourth-order valence-electron chi connectivity index (χ4n) is 6.04.